The molecule has 0 atom stereocenters. The number of rotatable bonds is 2. The first kappa shape index (κ1) is 10.4. The Balaban J connectivity index is 2.03. The molecule has 0 aromatic rings. The largest absolute Gasteiger partial charge is 0.329 e. The second kappa shape index (κ2) is 3.49. The molecule has 2 heteroatoms. The van der Waals surface area contributed by atoms with Crippen molar-refractivity contribution < 1.29 is 0 Å². The number of nitrogens with two attached hydrogens (primary N) is 1. The summed E-state index contributed by atoms with van der Waals surface area (Å²) >= 11 is 0. The molecule has 1 aliphatic heterocycles. The summed E-state index contributed by atoms with van der Waals surface area (Å²) in [6, 6.07) is 0. The van der Waals surface area contributed by atoms with Gasteiger partial charge in [-0.15, -0.1) is 0 Å². The third kappa shape index (κ3) is 1.70. The van der Waals surface area contributed by atoms with Gasteiger partial charge in [0.25, 0.3) is 0 Å². The van der Waals surface area contributed by atoms with Gasteiger partial charge in [-0.2, -0.15) is 0 Å². The zero-order chi connectivity index (χ0) is 10.2. The Kier molecular flexibility index (Phi) is 2.61. The molecule has 2 nitrogen and oxygen atoms in total. The highest BCUT2D eigenvalue weighted by atomic mass is 15.2. The molecule has 0 aromatic carbocycles. The molecule has 82 valence electrons. The summed E-state index contributed by atoms with van der Waals surface area (Å²) in [6.45, 7) is 8.18. The van der Waals surface area contributed by atoms with E-state index in [2.05, 4.69) is 18.7 Å². The van der Waals surface area contributed by atoms with E-state index in [1.165, 1.54) is 45.2 Å². The van der Waals surface area contributed by atoms with E-state index in [9.17, 15) is 0 Å². The van der Waals surface area contributed by atoms with Crippen molar-refractivity contribution in [2.75, 3.05) is 19.6 Å². The van der Waals surface area contributed by atoms with Crippen LogP contribution in [0.15, 0.2) is 0 Å². The first-order chi connectivity index (χ1) is 6.58. The summed E-state index contributed by atoms with van der Waals surface area (Å²) in [4.78, 5) is 2.68. The Morgan fingerprint density at radius 2 is 1.86 bits per heavy atom. The van der Waals surface area contributed by atoms with Gasteiger partial charge in [-0.05, 0) is 44.1 Å². The standard InChI is InChI=1S/C12H24N2/c1-11(2)5-4-8-14(10-11)12(9-13)6-3-7-12/h3-10,13H2,1-2H3. The summed E-state index contributed by atoms with van der Waals surface area (Å²) in [5.74, 6) is 0. The summed E-state index contributed by atoms with van der Waals surface area (Å²) < 4.78 is 0. The van der Waals surface area contributed by atoms with Crippen LogP contribution in [-0.4, -0.2) is 30.1 Å². The van der Waals surface area contributed by atoms with Gasteiger partial charge in [-0.25, -0.2) is 0 Å². The van der Waals surface area contributed by atoms with Crippen LogP contribution in [0.25, 0.3) is 0 Å². The normalized spacial score (nSPS) is 31.1. The van der Waals surface area contributed by atoms with Crippen LogP contribution in [0, 0.1) is 5.41 Å². The van der Waals surface area contributed by atoms with E-state index in [-0.39, 0.29) is 0 Å². The van der Waals surface area contributed by atoms with Gasteiger partial charge in [-0.3, -0.25) is 4.90 Å². The molecule has 2 fully saturated rings. The molecule has 1 saturated heterocycles. The van der Waals surface area contributed by atoms with E-state index in [0.29, 0.717) is 11.0 Å². The lowest BCUT2D eigenvalue weighted by Crippen LogP contribution is -2.61. The fourth-order valence-corrected chi connectivity index (χ4v) is 3.06. The summed E-state index contributed by atoms with van der Waals surface area (Å²) in [5, 5.41) is 0. The van der Waals surface area contributed by atoms with Crippen molar-refractivity contribution in [2.45, 2.75) is 51.5 Å². The van der Waals surface area contributed by atoms with Gasteiger partial charge in [-0.1, -0.05) is 13.8 Å². The Hall–Kier alpha value is -0.0800. The Morgan fingerprint density at radius 3 is 2.29 bits per heavy atom. The van der Waals surface area contributed by atoms with Crippen LogP contribution < -0.4 is 5.73 Å². The fraction of sp³-hybridized carbons (Fsp3) is 1.00. The molecule has 1 heterocycles. The number of hydrogen-bond acceptors (Lipinski definition) is 2. The van der Waals surface area contributed by atoms with Crippen molar-refractivity contribution in [1.29, 1.82) is 0 Å². The van der Waals surface area contributed by atoms with Gasteiger partial charge in [0.2, 0.25) is 0 Å². The molecule has 1 saturated carbocycles. The SMILES string of the molecule is CC1(C)CCCN(C2(CN)CCC2)C1. The average molecular weight is 196 g/mol. The maximum absolute atomic E-state index is 5.95. The summed E-state index contributed by atoms with van der Waals surface area (Å²) in [5.41, 5.74) is 6.86. The molecular weight excluding hydrogens is 172 g/mol. The number of piperidine rings is 1. The molecule has 0 unspecified atom stereocenters. The molecule has 2 aliphatic rings. The predicted molar refractivity (Wildman–Crippen MR) is 60.2 cm³/mol. The minimum atomic E-state index is 0.400. The quantitative estimate of drug-likeness (QED) is 0.732. The highest BCUT2D eigenvalue weighted by Crippen LogP contribution is 2.41. The molecule has 0 aromatic heterocycles. The fourth-order valence-electron chi connectivity index (χ4n) is 3.06. The maximum Gasteiger partial charge on any atom is 0.0332 e. The van der Waals surface area contributed by atoms with Crippen LogP contribution in [0.2, 0.25) is 0 Å². The van der Waals surface area contributed by atoms with Gasteiger partial charge in [0.15, 0.2) is 0 Å². The second-order valence-electron chi connectivity index (χ2n) is 5.97. The van der Waals surface area contributed by atoms with Gasteiger partial charge in [0, 0.05) is 18.6 Å². The van der Waals surface area contributed by atoms with Crippen molar-refractivity contribution in [1.82, 2.24) is 4.90 Å². The summed E-state index contributed by atoms with van der Waals surface area (Å²) in [6.07, 6.45) is 6.78. The average Bonchev–Trinajstić information content (AvgIpc) is 2.01. The molecule has 2 rings (SSSR count). The third-order valence-corrected chi connectivity index (χ3v) is 4.24. The molecule has 1 aliphatic carbocycles. The van der Waals surface area contributed by atoms with Crippen molar-refractivity contribution in [3.05, 3.63) is 0 Å². The Labute approximate surface area is 87.8 Å². The molecule has 2 N–H and O–H groups in total. The minimum Gasteiger partial charge on any atom is -0.329 e. The highest BCUT2D eigenvalue weighted by Gasteiger charge is 2.44. The Bertz CT molecular complexity index is 201. The smallest absolute Gasteiger partial charge is 0.0332 e. The van der Waals surface area contributed by atoms with Crippen LogP contribution in [-0.2, 0) is 0 Å². The highest BCUT2D eigenvalue weighted by molar-refractivity contribution is 5.01. The first-order valence-corrected chi connectivity index (χ1v) is 6.03. The number of nitrogens with zero attached hydrogens (tertiary/aromatic N) is 1. The van der Waals surface area contributed by atoms with Gasteiger partial charge < -0.3 is 5.73 Å². The summed E-state index contributed by atoms with van der Waals surface area (Å²) in [7, 11) is 0. The molecule has 0 bridgehead atoms. The molecule has 14 heavy (non-hydrogen) atoms. The Morgan fingerprint density at radius 1 is 1.14 bits per heavy atom. The van der Waals surface area contributed by atoms with E-state index in [4.69, 9.17) is 5.73 Å². The van der Waals surface area contributed by atoms with Crippen molar-refractivity contribution in [3.8, 4) is 0 Å². The van der Waals surface area contributed by atoms with Gasteiger partial charge in [0.1, 0.15) is 0 Å². The van der Waals surface area contributed by atoms with Gasteiger partial charge in [0.05, 0.1) is 0 Å². The van der Waals surface area contributed by atoms with E-state index in [0.717, 1.165) is 6.54 Å². The van der Waals surface area contributed by atoms with Crippen molar-refractivity contribution in [2.24, 2.45) is 11.1 Å². The molecule has 0 amide bonds. The minimum absolute atomic E-state index is 0.400. The maximum atomic E-state index is 5.95. The third-order valence-electron chi connectivity index (χ3n) is 4.24. The lowest BCUT2D eigenvalue weighted by atomic mass is 9.72. The van der Waals surface area contributed by atoms with Crippen molar-refractivity contribution >= 4 is 0 Å². The lowest BCUT2D eigenvalue weighted by molar-refractivity contribution is -0.0275. The topological polar surface area (TPSA) is 29.3 Å². The zero-order valence-electron chi connectivity index (χ0n) is 9.68. The van der Waals surface area contributed by atoms with Crippen LogP contribution >= 0.6 is 0 Å². The van der Waals surface area contributed by atoms with E-state index in [1.54, 1.807) is 0 Å². The van der Waals surface area contributed by atoms with Gasteiger partial charge >= 0.3 is 0 Å². The number of hydrogen-bond donors (Lipinski definition) is 1. The van der Waals surface area contributed by atoms with E-state index >= 15 is 0 Å². The second-order valence-corrected chi connectivity index (χ2v) is 5.97. The van der Waals surface area contributed by atoms with Crippen LogP contribution in [0.4, 0.5) is 0 Å². The predicted octanol–water partition coefficient (Wildman–Crippen LogP) is 1.99. The molecule has 0 spiro atoms. The van der Waals surface area contributed by atoms with E-state index in [1.807, 2.05) is 0 Å². The van der Waals surface area contributed by atoms with Crippen LogP contribution in [0.1, 0.15) is 46.0 Å². The monoisotopic (exact) mass is 196 g/mol. The lowest BCUT2D eigenvalue weighted by Gasteiger charge is -2.54. The van der Waals surface area contributed by atoms with Crippen LogP contribution in [0.5, 0.6) is 0 Å². The van der Waals surface area contributed by atoms with E-state index < -0.39 is 0 Å². The molecule has 0 radical (unpaired) electrons. The van der Waals surface area contributed by atoms with Crippen LogP contribution in [0.3, 0.4) is 0 Å². The molecular formula is C12H24N2. The number of likely N-dealkylation sites (tertiary alicyclic amines) is 1. The van der Waals surface area contributed by atoms with Crippen molar-refractivity contribution in [3.63, 3.8) is 0 Å². The first-order valence-electron chi connectivity index (χ1n) is 6.03. The zero-order valence-corrected chi connectivity index (χ0v) is 9.68.